The average molecular weight is 1120 g/mol. The van der Waals surface area contributed by atoms with Crippen LogP contribution in [0.2, 0.25) is 0 Å². The normalized spacial score (nSPS) is 25.7. The van der Waals surface area contributed by atoms with Crippen molar-refractivity contribution in [3.8, 4) is 0 Å². The number of esters is 2. The largest absolute Gasteiger partial charge is 0.459 e. The van der Waals surface area contributed by atoms with E-state index in [1.165, 1.54) is 0 Å². The highest BCUT2D eigenvalue weighted by atomic mass is 16.8. The van der Waals surface area contributed by atoms with Gasteiger partial charge in [-0.1, -0.05) is 182 Å². The molecule has 4 saturated heterocycles. The van der Waals surface area contributed by atoms with Crippen LogP contribution in [0.4, 0.5) is 0 Å². The second-order valence-corrected chi connectivity index (χ2v) is 21.1. The number of rotatable bonds is 26. The second-order valence-electron chi connectivity index (χ2n) is 21.1. The summed E-state index contributed by atoms with van der Waals surface area (Å²) in [6, 6.07) is 58.2. The Morgan fingerprint density at radius 2 is 0.780 bits per heavy atom. The number of hydrogen-bond acceptors (Lipinski definition) is 16. The highest BCUT2D eigenvalue weighted by Crippen LogP contribution is 2.45. The molecule has 8 atom stereocenters. The lowest BCUT2D eigenvalue weighted by Crippen LogP contribution is -2.64. The van der Waals surface area contributed by atoms with Gasteiger partial charge in [0.25, 0.3) is 0 Å². The summed E-state index contributed by atoms with van der Waals surface area (Å²) in [6.45, 7) is 2.63. The first-order valence-electron chi connectivity index (χ1n) is 28.1. The van der Waals surface area contributed by atoms with Crippen LogP contribution in [0.1, 0.15) is 71.9 Å². The molecule has 0 amide bonds. The number of aliphatic hydroxyl groups excluding tert-OH is 1. The predicted octanol–water partition coefficient (Wildman–Crippen LogP) is 9.36. The smallest absolute Gasteiger partial charge is 0.341 e. The Balaban J connectivity index is 0.000000198. The second kappa shape index (κ2) is 30.2. The van der Waals surface area contributed by atoms with Crippen LogP contribution in [-0.2, 0) is 111 Å². The summed E-state index contributed by atoms with van der Waals surface area (Å²) in [5.74, 6) is -3.85. The van der Waals surface area contributed by atoms with Gasteiger partial charge in [-0.3, -0.25) is 0 Å². The standard InChI is InChI=1S/C33H38O8.C33H36O8/c2*34-19-18-32(24-37-21-27-12-6-2-7-13-27)25-39-33(30(41-32)31(35)38-22-28-14-8-3-9-15-28)17-16-29(40-33)23-36-20-26-10-4-1-5-11-26/h1-15,29-30,34H,16-25H2;1-15,19,29-30H,16-18,20-25H2/t2*29-,30?,32?,33-/m11/s1. The number of aliphatic hydroxyl groups is 1. The molecule has 0 radical (unpaired) electrons. The molecule has 1 N–H and O–H groups in total. The summed E-state index contributed by atoms with van der Waals surface area (Å²) in [5.41, 5.74) is 3.63. The first-order chi connectivity index (χ1) is 40.2. The van der Waals surface area contributed by atoms with Gasteiger partial charge in [-0.2, -0.15) is 0 Å². The minimum atomic E-state index is -1.35. The maximum absolute atomic E-state index is 13.6. The van der Waals surface area contributed by atoms with Crippen LogP contribution in [0.5, 0.6) is 0 Å². The highest BCUT2D eigenvalue weighted by Gasteiger charge is 2.61. The molecule has 0 saturated carbocycles. The summed E-state index contributed by atoms with van der Waals surface area (Å²) in [7, 11) is 0. The Morgan fingerprint density at radius 1 is 0.451 bits per heavy atom. The van der Waals surface area contributed by atoms with Gasteiger partial charge in [0.2, 0.25) is 23.8 Å². The van der Waals surface area contributed by atoms with E-state index in [4.69, 9.17) is 56.8 Å². The molecule has 2 spiro atoms. The van der Waals surface area contributed by atoms with E-state index in [0.29, 0.717) is 65.3 Å². The summed E-state index contributed by atoms with van der Waals surface area (Å²) >= 11 is 0. The Bertz CT molecular complexity index is 2830. The SMILES string of the molecule is O=C(OCc1ccccc1)C1OC(CCO)(COCc2ccccc2)CO[C@@]12CC[C@H](COCc1ccccc1)O2.O=CCC1(COCc2ccccc2)CO[C@@]2(CC[C@H](COCc3ccccc3)O2)C(C(=O)OCc2ccccc2)O1. The van der Waals surface area contributed by atoms with Crippen molar-refractivity contribution >= 4 is 18.2 Å². The quantitative estimate of drug-likeness (QED) is 0.0400. The zero-order valence-electron chi connectivity index (χ0n) is 46.2. The Morgan fingerprint density at radius 3 is 1.15 bits per heavy atom. The molecule has 0 aromatic heterocycles. The fraction of sp³-hybridized carbons (Fsp3) is 0.409. The summed E-state index contributed by atoms with van der Waals surface area (Å²) < 4.78 is 73.6. The molecule has 4 aliphatic heterocycles. The van der Waals surface area contributed by atoms with Crippen molar-refractivity contribution in [3.05, 3.63) is 215 Å². The Kier molecular flexibility index (Phi) is 22.1. The molecule has 6 aromatic rings. The van der Waals surface area contributed by atoms with Crippen molar-refractivity contribution < 1.29 is 76.3 Å². The molecule has 4 fully saturated rings. The average Bonchev–Trinajstić information content (AvgIpc) is 4.29. The van der Waals surface area contributed by atoms with Crippen LogP contribution in [0.3, 0.4) is 0 Å². The predicted molar refractivity (Wildman–Crippen MR) is 300 cm³/mol. The van der Waals surface area contributed by atoms with Crippen LogP contribution < -0.4 is 0 Å². The monoisotopic (exact) mass is 1120 g/mol. The minimum Gasteiger partial charge on any atom is -0.459 e. The van der Waals surface area contributed by atoms with Crippen molar-refractivity contribution in [3.63, 3.8) is 0 Å². The fourth-order valence-corrected chi connectivity index (χ4v) is 10.3. The van der Waals surface area contributed by atoms with Crippen molar-refractivity contribution in [2.24, 2.45) is 0 Å². The van der Waals surface area contributed by atoms with E-state index in [1.54, 1.807) is 0 Å². The highest BCUT2D eigenvalue weighted by molar-refractivity contribution is 5.77. The third kappa shape index (κ3) is 16.8. The van der Waals surface area contributed by atoms with Crippen LogP contribution >= 0.6 is 0 Å². The summed E-state index contributed by atoms with van der Waals surface area (Å²) in [6.07, 6.45) is 0.154. The van der Waals surface area contributed by atoms with Crippen molar-refractivity contribution in [2.75, 3.05) is 46.2 Å². The molecule has 4 unspecified atom stereocenters. The topological polar surface area (TPSA) is 182 Å². The number of hydrogen-bond donors (Lipinski definition) is 1. The van der Waals surface area contributed by atoms with Crippen molar-refractivity contribution in [2.45, 2.75) is 125 Å². The summed E-state index contributed by atoms with van der Waals surface area (Å²) in [5, 5.41) is 9.91. The van der Waals surface area contributed by atoms with Gasteiger partial charge in [0.1, 0.15) is 30.7 Å². The van der Waals surface area contributed by atoms with E-state index < -0.39 is 46.9 Å². The first kappa shape index (κ1) is 60.1. The molecule has 16 heteroatoms. The molecule has 0 aliphatic carbocycles. The lowest BCUT2D eigenvalue weighted by atomic mass is 9.96. The first-order valence-corrected chi connectivity index (χ1v) is 28.1. The van der Waals surface area contributed by atoms with Crippen LogP contribution in [-0.4, -0.2) is 117 Å². The van der Waals surface area contributed by atoms with Crippen molar-refractivity contribution in [1.82, 2.24) is 0 Å². The number of ether oxygens (including phenoxy) is 12. The third-order valence-corrected chi connectivity index (χ3v) is 14.7. The maximum Gasteiger partial charge on any atom is 0.341 e. The number of aldehydes is 1. The molecule has 434 valence electrons. The molecule has 4 aliphatic rings. The van der Waals surface area contributed by atoms with E-state index in [9.17, 15) is 19.5 Å². The van der Waals surface area contributed by atoms with Gasteiger partial charge in [-0.05, 0) is 46.2 Å². The van der Waals surface area contributed by atoms with Crippen LogP contribution in [0.25, 0.3) is 0 Å². The van der Waals surface area contributed by atoms with Gasteiger partial charge in [-0.25, -0.2) is 9.59 Å². The number of carbonyl (C=O) groups excluding carboxylic acids is 3. The molecule has 16 nitrogen and oxygen atoms in total. The van der Waals surface area contributed by atoms with Gasteiger partial charge in [0, 0.05) is 32.3 Å². The maximum atomic E-state index is 13.6. The van der Waals surface area contributed by atoms with Crippen LogP contribution in [0, 0.1) is 0 Å². The van der Waals surface area contributed by atoms with Gasteiger partial charge in [0.05, 0.1) is 78.3 Å². The molecule has 0 bridgehead atoms. The van der Waals surface area contributed by atoms with E-state index >= 15 is 0 Å². The molecule has 82 heavy (non-hydrogen) atoms. The Labute approximate surface area is 479 Å². The lowest BCUT2D eigenvalue weighted by molar-refractivity contribution is -0.360. The molecular formula is C66H74O16. The van der Waals surface area contributed by atoms with Gasteiger partial charge in [0.15, 0.2) is 0 Å². The molecular weight excluding hydrogens is 1050 g/mol. The van der Waals surface area contributed by atoms with E-state index in [1.807, 2.05) is 182 Å². The Hall–Kier alpha value is -6.51. The zero-order chi connectivity index (χ0) is 56.8. The van der Waals surface area contributed by atoms with Gasteiger partial charge < -0.3 is 66.7 Å². The zero-order valence-corrected chi connectivity index (χ0v) is 46.2. The van der Waals surface area contributed by atoms with E-state index in [0.717, 1.165) is 39.7 Å². The van der Waals surface area contributed by atoms with E-state index in [-0.39, 0.29) is 71.3 Å². The van der Waals surface area contributed by atoms with Gasteiger partial charge >= 0.3 is 11.9 Å². The lowest BCUT2D eigenvalue weighted by Gasteiger charge is -2.48. The minimum absolute atomic E-state index is 0.00997. The molecule has 6 aromatic carbocycles. The number of carbonyl (C=O) groups is 3. The fourth-order valence-electron chi connectivity index (χ4n) is 10.3. The third-order valence-electron chi connectivity index (χ3n) is 14.7. The van der Waals surface area contributed by atoms with Crippen LogP contribution in [0.15, 0.2) is 182 Å². The van der Waals surface area contributed by atoms with Gasteiger partial charge in [-0.15, -0.1) is 0 Å². The summed E-state index contributed by atoms with van der Waals surface area (Å²) in [4.78, 5) is 38.9. The number of benzene rings is 6. The van der Waals surface area contributed by atoms with Crippen molar-refractivity contribution in [1.29, 1.82) is 0 Å². The molecule has 10 rings (SSSR count). The molecule has 4 heterocycles. The van der Waals surface area contributed by atoms with E-state index in [2.05, 4.69) is 0 Å².